The summed E-state index contributed by atoms with van der Waals surface area (Å²) in [5.74, 6) is -0.403. The molecule has 0 bridgehead atoms. The van der Waals surface area contributed by atoms with Crippen LogP contribution in [-0.2, 0) is 4.79 Å². The van der Waals surface area contributed by atoms with Crippen molar-refractivity contribution in [3.63, 3.8) is 0 Å². The van der Waals surface area contributed by atoms with Crippen LogP contribution in [0.3, 0.4) is 0 Å². The summed E-state index contributed by atoms with van der Waals surface area (Å²) < 4.78 is 21.2. The number of rotatable bonds is 4. The Morgan fingerprint density at radius 3 is 2.38 bits per heavy atom. The Bertz CT molecular complexity index is 698. The number of ether oxygens (including phenoxy) is 1. The van der Waals surface area contributed by atoms with E-state index in [4.69, 9.17) is 4.74 Å². The standard InChI is InChI=1S/C19H23FN2O2/c1-14-7-8-15(2)22(14)16-9-11-21(12-10-16)19(23)13-24-18-6-4-3-5-17(18)20/h3-8,16H,9-13H2,1-2H3. The number of carbonyl (C=O) groups is 1. The maximum Gasteiger partial charge on any atom is 0.260 e. The highest BCUT2D eigenvalue weighted by Gasteiger charge is 2.25. The molecule has 128 valence electrons. The molecule has 0 aliphatic carbocycles. The SMILES string of the molecule is Cc1ccc(C)n1C1CCN(C(=O)COc2ccccc2F)CC1. The number of carbonyl (C=O) groups excluding carboxylic acids is 1. The van der Waals surface area contributed by atoms with E-state index in [1.807, 2.05) is 4.90 Å². The van der Waals surface area contributed by atoms with Crippen LogP contribution in [0.25, 0.3) is 0 Å². The highest BCUT2D eigenvalue weighted by molar-refractivity contribution is 5.77. The second-order valence-electron chi connectivity index (χ2n) is 6.32. The third kappa shape index (κ3) is 3.45. The number of hydrogen-bond donors (Lipinski definition) is 0. The summed E-state index contributed by atoms with van der Waals surface area (Å²) in [4.78, 5) is 14.1. The van der Waals surface area contributed by atoms with Crippen LogP contribution in [0.5, 0.6) is 5.75 Å². The van der Waals surface area contributed by atoms with Gasteiger partial charge in [-0.2, -0.15) is 0 Å². The average molecular weight is 330 g/mol. The van der Waals surface area contributed by atoms with Crippen molar-refractivity contribution in [1.29, 1.82) is 0 Å². The lowest BCUT2D eigenvalue weighted by atomic mass is 10.0. The summed E-state index contributed by atoms with van der Waals surface area (Å²) in [6.07, 6.45) is 1.86. The van der Waals surface area contributed by atoms with Gasteiger partial charge in [-0.15, -0.1) is 0 Å². The van der Waals surface area contributed by atoms with Crippen LogP contribution in [0.2, 0.25) is 0 Å². The van der Waals surface area contributed by atoms with Crippen molar-refractivity contribution in [3.8, 4) is 5.75 Å². The number of halogens is 1. The third-order valence-corrected chi connectivity index (χ3v) is 4.70. The second-order valence-corrected chi connectivity index (χ2v) is 6.32. The van der Waals surface area contributed by atoms with E-state index < -0.39 is 5.82 Å². The molecular formula is C19H23FN2O2. The number of aromatic nitrogens is 1. The first-order valence-electron chi connectivity index (χ1n) is 8.36. The largest absolute Gasteiger partial charge is 0.481 e. The molecule has 1 aromatic heterocycles. The molecule has 4 nitrogen and oxygen atoms in total. The molecule has 0 saturated carbocycles. The molecule has 0 atom stereocenters. The lowest BCUT2D eigenvalue weighted by Crippen LogP contribution is -2.41. The molecule has 1 saturated heterocycles. The smallest absolute Gasteiger partial charge is 0.260 e. The Balaban J connectivity index is 1.53. The van der Waals surface area contributed by atoms with Gasteiger partial charge in [0.05, 0.1) is 0 Å². The Hall–Kier alpha value is -2.30. The first kappa shape index (κ1) is 16.6. The molecule has 0 N–H and O–H groups in total. The van der Waals surface area contributed by atoms with Crippen molar-refractivity contribution in [3.05, 3.63) is 53.6 Å². The molecule has 1 fully saturated rings. The first-order chi connectivity index (χ1) is 11.6. The second kappa shape index (κ2) is 7.07. The maximum atomic E-state index is 13.5. The molecule has 2 heterocycles. The fraction of sp³-hybridized carbons (Fsp3) is 0.421. The van der Waals surface area contributed by atoms with Crippen LogP contribution in [0.4, 0.5) is 4.39 Å². The van der Waals surface area contributed by atoms with Gasteiger partial charge in [0, 0.05) is 30.5 Å². The zero-order valence-corrected chi connectivity index (χ0v) is 14.2. The summed E-state index contributed by atoms with van der Waals surface area (Å²) in [6, 6.07) is 10.9. The normalized spacial score (nSPS) is 15.5. The molecule has 24 heavy (non-hydrogen) atoms. The van der Waals surface area contributed by atoms with Crippen molar-refractivity contribution in [2.24, 2.45) is 0 Å². The van der Waals surface area contributed by atoms with Gasteiger partial charge in [-0.1, -0.05) is 12.1 Å². The number of benzene rings is 1. The maximum absolute atomic E-state index is 13.5. The van der Waals surface area contributed by atoms with Crippen LogP contribution >= 0.6 is 0 Å². The van der Waals surface area contributed by atoms with Crippen LogP contribution in [0, 0.1) is 19.7 Å². The topological polar surface area (TPSA) is 34.5 Å². The number of likely N-dealkylation sites (tertiary alicyclic amines) is 1. The zero-order valence-electron chi connectivity index (χ0n) is 14.2. The number of piperidine rings is 1. The molecule has 1 amide bonds. The highest BCUT2D eigenvalue weighted by atomic mass is 19.1. The Morgan fingerprint density at radius 2 is 1.75 bits per heavy atom. The van der Waals surface area contributed by atoms with E-state index in [9.17, 15) is 9.18 Å². The van der Waals surface area contributed by atoms with Gasteiger partial charge in [-0.3, -0.25) is 4.79 Å². The highest BCUT2D eigenvalue weighted by Crippen LogP contribution is 2.26. The lowest BCUT2D eigenvalue weighted by molar-refractivity contribution is -0.134. The predicted octanol–water partition coefficient (Wildman–Crippen LogP) is 3.49. The number of hydrogen-bond acceptors (Lipinski definition) is 2. The summed E-state index contributed by atoms with van der Waals surface area (Å²) in [5, 5.41) is 0. The van der Waals surface area contributed by atoms with Gasteiger partial charge in [0.2, 0.25) is 0 Å². The molecule has 1 aliphatic heterocycles. The summed E-state index contributed by atoms with van der Waals surface area (Å²) in [7, 11) is 0. The molecule has 5 heteroatoms. The van der Waals surface area contributed by atoms with Gasteiger partial charge in [0.15, 0.2) is 18.2 Å². The Morgan fingerprint density at radius 1 is 1.12 bits per heavy atom. The van der Waals surface area contributed by atoms with E-state index in [1.54, 1.807) is 12.1 Å². The van der Waals surface area contributed by atoms with Crippen molar-refractivity contribution >= 4 is 5.91 Å². The molecule has 0 spiro atoms. The number of aryl methyl sites for hydroxylation is 2. The minimum absolute atomic E-state index is 0.0855. The first-order valence-corrected chi connectivity index (χ1v) is 8.36. The Labute approximate surface area is 141 Å². The fourth-order valence-electron chi connectivity index (χ4n) is 3.42. The molecular weight excluding hydrogens is 307 g/mol. The van der Waals surface area contributed by atoms with Gasteiger partial charge in [-0.25, -0.2) is 4.39 Å². The van der Waals surface area contributed by atoms with E-state index in [0.29, 0.717) is 19.1 Å². The quantitative estimate of drug-likeness (QED) is 0.860. The minimum atomic E-state index is -0.442. The van der Waals surface area contributed by atoms with Crippen molar-refractivity contribution < 1.29 is 13.9 Å². The van der Waals surface area contributed by atoms with Gasteiger partial charge in [-0.05, 0) is 51.0 Å². The van der Waals surface area contributed by atoms with E-state index in [-0.39, 0.29) is 18.3 Å². The van der Waals surface area contributed by atoms with Crippen LogP contribution in [-0.4, -0.2) is 35.1 Å². The molecule has 2 aromatic rings. The van der Waals surface area contributed by atoms with Crippen LogP contribution < -0.4 is 4.74 Å². The molecule has 0 unspecified atom stereocenters. The van der Waals surface area contributed by atoms with Gasteiger partial charge in [0.1, 0.15) is 0 Å². The minimum Gasteiger partial charge on any atom is -0.481 e. The fourth-order valence-corrected chi connectivity index (χ4v) is 3.42. The summed E-state index contributed by atoms with van der Waals surface area (Å²) in [6.45, 7) is 5.54. The number of para-hydroxylation sites is 1. The number of nitrogens with zero attached hydrogens (tertiary/aromatic N) is 2. The van der Waals surface area contributed by atoms with Gasteiger partial charge >= 0.3 is 0 Å². The third-order valence-electron chi connectivity index (χ3n) is 4.70. The van der Waals surface area contributed by atoms with Crippen molar-refractivity contribution in [2.75, 3.05) is 19.7 Å². The van der Waals surface area contributed by atoms with Crippen LogP contribution in [0.15, 0.2) is 36.4 Å². The molecule has 1 aliphatic rings. The van der Waals surface area contributed by atoms with E-state index in [2.05, 4.69) is 30.5 Å². The van der Waals surface area contributed by atoms with E-state index in [0.717, 1.165) is 12.8 Å². The molecule has 3 rings (SSSR count). The number of amides is 1. The zero-order chi connectivity index (χ0) is 17.1. The van der Waals surface area contributed by atoms with E-state index in [1.165, 1.54) is 23.5 Å². The van der Waals surface area contributed by atoms with Gasteiger partial charge < -0.3 is 14.2 Å². The van der Waals surface area contributed by atoms with Crippen LogP contribution in [0.1, 0.15) is 30.3 Å². The predicted molar refractivity (Wildman–Crippen MR) is 90.7 cm³/mol. The van der Waals surface area contributed by atoms with E-state index >= 15 is 0 Å². The lowest BCUT2D eigenvalue weighted by Gasteiger charge is -2.34. The summed E-state index contributed by atoms with van der Waals surface area (Å²) >= 11 is 0. The van der Waals surface area contributed by atoms with Crippen molar-refractivity contribution in [2.45, 2.75) is 32.7 Å². The monoisotopic (exact) mass is 330 g/mol. The molecule has 0 radical (unpaired) electrons. The molecule has 1 aromatic carbocycles. The average Bonchev–Trinajstić information content (AvgIpc) is 2.93. The van der Waals surface area contributed by atoms with Crippen molar-refractivity contribution in [1.82, 2.24) is 9.47 Å². The Kier molecular flexibility index (Phi) is 4.88. The summed E-state index contributed by atoms with van der Waals surface area (Å²) in [5.41, 5.74) is 2.53. The van der Waals surface area contributed by atoms with Gasteiger partial charge in [0.25, 0.3) is 5.91 Å².